The molecule has 2 rings (SSSR count). The zero-order chi connectivity index (χ0) is 15.5. The van der Waals surface area contributed by atoms with Crippen molar-refractivity contribution < 1.29 is 19.1 Å². The van der Waals surface area contributed by atoms with E-state index in [0.29, 0.717) is 6.61 Å². The summed E-state index contributed by atoms with van der Waals surface area (Å²) in [6.45, 7) is 6.02. The van der Waals surface area contributed by atoms with Crippen LogP contribution in [-0.2, 0) is 25.7 Å². The molecule has 1 aliphatic heterocycles. The number of rotatable bonds is 5. The lowest BCUT2D eigenvalue weighted by molar-refractivity contribution is -0.144. The smallest absolute Gasteiger partial charge is 0.308 e. The van der Waals surface area contributed by atoms with Gasteiger partial charge in [0.05, 0.1) is 13.0 Å². The second-order valence-corrected chi connectivity index (χ2v) is 6.44. The molecule has 114 valence electrons. The van der Waals surface area contributed by atoms with Crippen LogP contribution in [0.5, 0.6) is 0 Å². The molecule has 1 heterocycles. The van der Waals surface area contributed by atoms with Crippen LogP contribution in [0.3, 0.4) is 0 Å². The van der Waals surface area contributed by atoms with Crippen LogP contribution in [0.1, 0.15) is 39.2 Å². The molecule has 0 spiro atoms. The van der Waals surface area contributed by atoms with E-state index in [-0.39, 0.29) is 30.7 Å². The number of hydrogen-bond acceptors (Lipinski definition) is 4. The monoisotopic (exact) mass is 290 g/mol. The molecule has 1 aliphatic rings. The summed E-state index contributed by atoms with van der Waals surface area (Å²) < 4.78 is 11.0. The summed E-state index contributed by atoms with van der Waals surface area (Å²) in [5, 5.41) is 0. The first-order valence-corrected chi connectivity index (χ1v) is 7.24. The van der Waals surface area contributed by atoms with Gasteiger partial charge in [0.15, 0.2) is 0 Å². The minimum Gasteiger partial charge on any atom is -0.459 e. The molecular weight excluding hydrogens is 268 g/mol. The Morgan fingerprint density at radius 2 is 1.95 bits per heavy atom. The summed E-state index contributed by atoms with van der Waals surface area (Å²) in [6, 6.07) is 9.75. The van der Waals surface area contributed by atoms with Gasteiger partial charge in [-0.1, -0.05) is 51.1 Å². The first-order valence-electron chi connectivity index (χ1n) is 7.24. The molecule has 0 N–H and O–H groups in total. The number of Topliss-reactive ketones (excluding diaryl/α,β-unsaturated/α-hetero) is 1. The second kappa shape index (κ2) is 6.39. The van der Waals surface area contributed by atoms with Crippen LogP contribution in [-0.4, -0.2) is 24.0 Å². The van der Waals surface area contributed by atoms with Gasteiger partial charge >= 0.3 is 5.97 Å². The van der Waals surface area contributed by atoms with E-state index < -0.39 is 11.5 Å². The summed E-state index contributed by atoms with van der Waals surface area (Å²) in [5.41, 5.74) is 0.608. The Morgan fingerprint density at radius 3 is 2.57 bits per heavy atom. The van der Waals surface area contributed by atoms with Crippen LogP contribution < -0.4 is 0 Å². The van der Waals surface area contributed by atoms with Crippen LogP contribution in [0.2, 0.25) is 0 Å². The summed E-state index contributed by atoms with van der Waals surface area (Å²) >= 11 is 0. The predicted octanol–water partition coefficient (Wildman–Crippen LogP) is 2.89. The maximum atomic E-state index is 12.1. The topological polar surface area (TPSA) is 52.6 Å². The van der Waals surface area contributed by atoms with Gasteiger partial charge in [-0.15, -0.1) is 0 Å². The highest BCUT2D eigenvalue weighted by atomic mass is 16.6. The Hall–Kier alpha value is -1.68. The Kier molecular flexibility index (Phi) is 4.78. The molecule has 0 aromatic heterocycles. The number of carbonyl (C=O) groups excluding carboxylic acids is 2. The minimum absolute atomic E-state index is 0.0792. The highest BCUT2D eigenvalue weighted by molar-refractivity contribution is 5.85. The number of benzene rings is 1. The first-order chi connectivity index (χ1) is 9.86. The number of carbonyl (C=O) groups is 2. The molecular formula is C17H22O4. The average molecular weight is 290 g/mol. The lowest BCUT2D eigenvalue weighted by Crippen LogP contribution is -2.31. The van der Waals surface area contributed by atoms with E-state index >= 15 is 0 Å². The fourth-order valence-corrected chi connectivity index (χ4v) is 2.19. The van der Waals surface area contributed by atoms with Gasteiger partial charge < -0.3 is 9.47 Å². The zero-order valence-electron chi connectivity index (χ0n) is 12.8. The minimum atomic E-state index is -0.465. The number of hydrogen-bond donors (Lipinski definition) is 0. The van der Waals surface area contributed by atoms with Gasteiger partial charge in [-0.25, -0.2) is 0 Å². The average Bonchev–Trinajstić information content (AvgIpc) is 2.76. The highest BCUT2D eigenvalue weighted by Gasteiger charge is 2.38. The normalized spacial score (nSPS) is 22.1. The van der Waals surface area contributed by atoms with Gasteiger partial charge in [0.25, 0.3) is 0 Å². The van der Waals surface area contributed by atoms with E-state index in [0.717, 1.165) is 5.56 Å². The summed E-state index contributed by atoms with van der Waals surface area (Å²) in [7, 11) is 0. The molecule has 0 saturated carbocycles. The van der Waals surface area contributed by atoms with Crippen molar-refractivity contribution in [2.45, 2.75) is 52.4 Å². The molecule has 1 fully saturated rings. The lowest BCUT2D eigenvalue weighted by atomic mass is 9.87. The van der Waals surface area contributed by atoms with Gasteiger partial charge in [-0.05, 0) is 5.56 Å². The standard InChI is InChI=1S/C17H22O4/c1-17(2,3)15(18)9-14-13(10-16(19)21-14)20-11-12-7-5-4-6-8-12/h4-8,13-14H,9-11H2,1-3H3/t13-,14-/m0/s1. The van der Waals surface area contributed by atoms with Gasteiger partial charge in [0.2, 0.25) is 0 Å². The van der Waals surface area contributed by atoms with E-state index in [4.69, 9.17) is 9.47 Å². The molecule has 1 saturated heterocycles. The van der Waals surface area contributed by atoms with Crippen molar-refractivity contribution in [1.82, 2.24) is 0 Å². The van der Waals surface area contributed by atoms with Crippen molar-refractivity contribution in [3.63, 3.8) is 0 Å². The number of cyclic esters (lactones) is 1. The predicted molar refractivity (Wildman–Crippen MR) is 78.6 cm³/mol. The molecule has 0 unspecified atom stereocenters. The van der Waals surface area contributed by atoms with Gasteiger partial charge in [0, 0.05) is 11.8 Å². The fraction of sp³-hybridized carbons (Fsp3) is 0.529. The summed E-state index contributed by atoms with van der Waals surface area (Å²) in [4.78, 5) is 23.6. The maximum absolute atomic E-state index is 12.1. The number of ether oxygens (including phenoxy) is 2. The maximum Gasteiger partial charge on any atom is 0.308 e. The molecule has 0 amide bonds. The summed E-state index contributed by atoms with van der Waals surface area (Å²) in [5.74, 6) is -0.213. The quantitative estimate of drug-likeness (QED) is 0.782. The largest absolute Gasteiger partial charge is 0.459 e. The molecule has 1 aromatic carbocycles. The molecule has 2 atom stereocenters. The third-order valence-electron chi connectivity index (χ3n) is 3.60. The van der Waals surface area contributed by atoms with Gasteiger partial charge in [0.1, 0.15) is 18.0 Å². The number of esters is 1. The van der Waals surface area contributed by atoms with Crippen LogP contribution in [0.4, 0.5) is 0 Å². The third kappa shape index (κ3) is 4.39. The van der Waals surface area contributed by atoms with Crippen molar-refractivity contribution in [3.8, 4) is 0 Å². The van der Waals surface area contributed by atoms with E-state index in [2.05, 4.69) is 0 Å². The van der Waals surface area contributed by atoms with E-state index in [1.54, 1.807) is 0 Å². The van der Waals surface area contributed by atoms with Crippen molar-refractivity contribution in [3.05, 3.63) is 35.9 Å². The van der Waals surface area contributed by atoms with Crippen LogP contribution in [0, 0.1) is 5.41 Å². The van der Waals surface area contributed by atoms with E-state index in [1.807, 2.05) is 51.1 Å². The molecule has 21 heavy (non-hydrogen) atoms. The van der Waals surface area contributed by atoms with Gasteiger partial charge in [-0.3, -0.25) is 9.59 Å². The number of ketones is 1. The van der Waals surface area contributed by atoms with Crippen LogP contribution in [0.15, 0.2) is 30.3 Å². The Morgan fingerprint density at radius 1 is 1.29 bits per heavy atom. The van der Waals surface area contributed by atoms with Crippen LogP contribution >= 0.6 is 0 Å². The van der Waals surface area contributed by atoms with E-state index in [9.17, 15) is 9.59 Å². The molecule has 1 aromatic rings. The highest BCUT2D eigenvalue weighted by Crippen LogP contribution is 2.26. The molecule has 4 nitrogen and oxygen atoms in total. The Labute approximate surface area is 125 Å². The second-order valence-electron chi connectivity index (χ2n) is 6.44. The Bertz CT molecular complexity index is 501. The van der Waals surface area contributed by atoms with E-state index in [1.165, 1.54) is 0 Å². The first kappa shape index (κ1) is 15.7. The van der Waals surface area contributed by atoms with Crippen molar-refractivity contribution in [1.29, 1.82) is 0 Å². The van der Waals surface area contributed by atoms with Crippen LogP contribution in [0.25, 0.3) is 0 Å². The lowest BCUT2D eigenvalue weighted by Gasteiger charge is -2.22. The molecule has 0 bridgehead atoms. The Balaban J connectivity index is 1.94. The van der Waals surface area contributed by atoms with Crippen molar-refractivity contribution >= 4 is 11.8 Å². The third-order valence-corrected chi connectivity index (χ3v) is 3.60. The van der Waals surface area contributed by atoms with Crippen molar-refractivity contribution in [2.75, 3.05) is 0 Å². The van der Waals surface area contributed by atoms with Crippen molar-refractivity contribution in [2.24, 2.45) is 5.41 Å². The molecule has 0 aliphatic carbocycles. The molecule has 0 radical (unpaired) electrons. The van der Waals surface area contributed by atoms with Gasteiger partial charge in [-0.2, -0.15) is 0 Å². The SMILES string of the molecule is CC(C)(C)C(=O)C[C@@H]1OC(=O)C[C@@H]1OCc1ccccc1. The molecule has 4 heteroatoms. The zero-order valence-corrected chi connectivity index (χ0v) is 12.8. The fourth-order valence-electron chi connectivity index (χ4n) is 2.19. The summed E-state index contributed by atoms with van der Waals surface area (Å²) in [6.07, 6.45) is -0.374.